The van der Waals surface area contributed by atoms with Gasteiger partial charge in [0.1, 0.15) is 5.75 Å². The molecule has 0 unspecified atom stereocenters. The number of para-hydroxylation sites is 1. The molecule has 3 nitrogen and oxygen atoms in total. The number of ether oxygens (including phenoxy) is 2. The first-order valence-corrected chi connectivity index (χ1v) is 5.61. The lowest BCUT2D eigenvalue weighted by Gasteiger charge is -2.42. The van der Waals surface area contributed by atoms with Crippen molar-refractivity contribution < 1.29 is 9.47 Å². The second kappa shape index (κ2) is 4.85. The lowest BCUT2D eigenvalue weighted by Crippen LogP contribution is -2.53. The van der Waals surface area contributed by atoms with Crippen LogP contribution in [0.5, 0.6) is 5.75 Å². The summed E-state index contributed by atoms with van der Waals surface area (Å²) in [5.41, 5.74) is 0.180. The molecule has 0 bridgehead atoms. The van der Waals surface area contributed by atoms with E-state index in [1.807, 2.05) is 30.3 Å². The molecule has 16 heavy (non-hydrogen) atoms. The van der Waals surface area contributed by atoms with Gasteiger partial charge in [0.05, 0.1) is 25.2 Å². The highest BCUT2D eigenvalue weighted by Crippen LogP contribution is 2.29. The van der Waals surface area contributed by atoms with Crippen molar-refractivity contribution in [3.8, 4) is 5.75 Å². The van der Waals surface area contributed by atoms with E-state index in [9.17, 15) is 0 Å². The summed E-state index contributed by atoms with van der Waals surface area (Å²) in [6.45, 7) is 3.35. The predicted octanol–water partition coefficient (Wildman–Crippen LogP) is 1.64. The lowest BCUT2D eigenvalue weighted by molar-refractivity contribution is -0.140. The quantitative estimate of drug-likeness (QED) is 0.754. The average Bonchev–Trinajstić information content (AvgIpc) is 2.23. The van der Waals surface area contributed by atoms with Crippen LogP contribution >= 0.6 is 0 Å². The fraction of sp³-hybridized carbons (Fsp3) is 0.538. The van der Waals surface area contributed by atoms with Gasteiger partial charge in [-0.05, 0) is 26.2 Å². The molecular formula is C13H19NO2. The average molecular weight is 221 g/mol. The van der Waals surface area contributed by atoms with E-state index in [2.05, 4.69) is 19.0 Å². The largest absolute Gasteiger partial charge is 0.493 e. The van der Waals surface area contributed by atoms with Crippen molar-refractivity contribution in [2.45, 2.75) is 0 Å². The van der Waals surface area contributed by atoms with Crippen molar-refractivity contribution >= 4 is 0 Å². The summed E-state index contributed by atoms with van der Waals surface area (Å²) in [5.74, 6) is 0.938. The SMILES string of the molecule is CN(C)CC1(COc2ccccc2)COC1. The molecule has 1 fully saturated rings. The predicted molar refractivity (Wildman–Crippen MR) is 63.7 cm³/mol. The molecule has 0 aliphatic carbocycles. The third kappa shape index (κ3) is 2.74. The van der Waals surface area contributed by atoms with Crippen molar-refractivity contribution in [1.29, 1.82) is 0 Å². The van der Waals surface area contributed by atoms with Gasteiger partial charge in [-0.15, -0.1) is 0 Å². The Hall–Kier alpha value is -1.06. The van der Waals surface area contributed by atoms with E-state index in [1.54, 1.807) is 0 Å². The Morgan fingerprint density at radius 2 is 1.94 bits per heavy atom. The number of nitrogens with zero attached hydrogens (tertiary/aromatic N) is 1. The minimum Gasteiger partial charge on any atom is -0.493 e. The number of hydrogen-bond donors (Lipinski definition) is 0. The highest BCUT2D eigenvalue weighted by Gasteiger charge is 2.40. The molecule has 1 aliphatic heterocycles. The molecule has 1 aliphatic rings. The Morgan fingerprint density at radius 3 is 2.44 bits per heavy atom. The fourth-order valence-corrected chi connectivity index (χ4v) is 2.03. The van der Waals surface area contributed by atoms with Crippen LogP contribution < -0.4 is 4.74 Å². The van der Waals surface area contributed by atoms with Crippen LogP contribution in [0.15, 0.2) is 30.3 Å². The van der Waals surface area contributed by atoms with Crippen LogP contribution in [0.3, 0.4) is 0 Å². The summed E-state index contributed by atoms with van der Waals surface area (Å²) in [4.78, 5) is 2.19. The maximum absolute atomic E-state index is 5.81. The zero-order chi connectivity index (χ0) is 11.4. The van der Waals surface area contributed by atoms with Gasteiger partial charge in [0.2, 0.25) is 0 Å². The first-order valence-electron chi connectivity index (χ1n) is 5.61. The third-order valence-corrected chi connectivity index (χ3v) is 2.76. The summed E-state index contributed by atoms with van der Waals surface area (Å²) in [5, 5.41) is 0. The molecule has 0 radical (unpaired) electrons. The monoisotopic (exact) mass is 221 g/mol. The van der Waals surface area contributed by atoms with E-state index in [0.29, 0.717) is 0 Å². The molecule has 2 rings (SSSR count). The van der Waals surface area contributed by atoms with Crippen molar-refractivity contribution in [2.24, 2.45) is 5.41 Å². The van der Waals surface area contributed by atoms with E-state index < -0.39 is 0 Å². The Bertz CT molecular complexity index is 320. The summed E-state index contributed by atoms with van der Waals surface area (Å²) >= 11 is 0. The Morgan fingerprint density at radius 1 is 1.25 bits per heavy atom. The van der Waals surface area contributed by atoms with Crippen LogP contribution in [0, 0.1) is 5.41 Å². The maximum atomic E-state index is 5.81. The standard InChI is InChI=1S/C13H19NO2/c1-14(2)8-13(9-15-10-13)11-16-12-6-4-3-5-7-12/h3-7H,8-11H2,1-2H3. The smallest absolute Gasteiger partial charge is 0.119 e. The van der Waals surface area contributed by atoms with E-state index in [1.165, 1.54) is 0 Å². The number of benzene rings is 1. The van der Waals surface area contributed by atoms with Crippen molar-refractivity contribution in [3.63, 3.8) is 0 Å². The zero-order valence-corrected chi connectivity index (χ0v) is 9.98. The highest BCUT2D eigenvalue weighted by atomic mass is 16.5. The topological polar surface area (TPSA) is 21.7 Å². The van der Waals surface area contributed by atoms with Crippen LogP contribution in [0.25, 0.3) is 0 Å². The number of hydrogen-bond acceptors (Lipinski definition) is 3. The molecule has 0 saturated carbocycles. The van der Waals surface area contributed by atoms with Gasteiger partial charge >= 0.3 is 0 Å². The van der Waals surface area contributed by atoms with Crippen LogP contribution in [-0.4, -0.2) is 45.4 Å². The summed E-state index contributed by atoms with van der Waals surface area (Å²) in [6.07, 6.45) is 0. The molecule has 1 saturated heterocycles. The Labute approximate surface area is 97.0 Å². The lowest BCUT2D eigenvalue weighted by atomic mass is 9.86. The third-order valence-electron chi connectivity index (χ3n) is 2.76. The van der Waals surface area contributed by atoms with Gasteiger partial charge in [0.25, 0.3) is 0 Å². The summed E-state index contributed by atoms with van der Waals surface area (Å²) in [7, 11) is 4.17. The Kier molecular flexibility index (Phi) is 3.46. The molecule has 1 heterocycles. The van der Waals surface area contributed by atoms with Gasteiger partial charge in [-0.2, -0.15) is 0 Å². The zero-order valence-electron chi connectivity index (χ0n) is 9.98. The van der Waals surface area contributed by atoms with Crippen molar-refractivity contribution in [1.82, 2.24) is 4.90 Å². The molecule has 0 atom stereocenters. The molecule has 88 valence electrons. The minimum atomic E-state index is 0.180. The van der Waals surface area contributed by atoms with Gasteiger partial charge in [-0.1, -0.05) is 18.2 Å². The minimum absolute atomic E-state index is 0.180. The summed E-state index contributed by atoms with van der Waals surface area (Å²) < 4.78 is 11.1. The van der Waals surface area contributed by atoms with Gasteiger partial charge in [0.15, 0.2) is 0 Å². The van der Waals surface area contributed by atoms with Crippen LogP contribution in [0.1, 0.15) is 0 Å². The van der Waals surface area contributed by atoms with Crippen LogP contribution in [0.4, 0.5) is 0 Å². The molecule has 0 N–H and O–H groups in total. The van der Waals surface area contributed by atoms with Crippen molar-refractivity contribution in [3.05, 3.63) is 30.3 Å². The molecule has 0 amide bonds. The second-order valence-electron chi connectivity index (χ2n) is 4.83. The molecule has 0 spiro atoms. The maximum Gasteiger partial charge on any atom is 0.119 e. The summed E-state index contributed by atoms with van der Waals surface area (Å²) in [6, 6.07) is 9.96. The molecule has 3 heteroatoms. The van der Waals surface area contributed by atoms with Gasteiger partial charge in [0, 0.05) is 6.54 Å². The number of rotatable bonds is 5. The molecule has 0 aromatic heterocycles. The molecule has 1 aromatic carbocycles. The Balaban J connectivity index is 1.88. The molecule has 1 aromatic rings. The van der Waals surface area contributed by atoms with E-state index >= 15 is 0 Å². The van der Waals surface area contributed by atoms with E-state index in [4.69, 9.17) is 9.47 Å². The van der Waals surface area contributed by atoms with E-state index in [-0.39, 0.29) is 5.41 Å². The normalized spacial score (nSPS) is 18.2. The van der Waals surface area contributed by atoms with Crippen molar-refractivity contribution in [2.75, 3.05) is 40.5 Å². The van der Waals surface area contributed by atoms with Gasteiger partial charge in [-0.3, -0.25) is 0 Å². The fourth-order valence-electron chi connectivity index (χ4n) is 2.03. The van der Waals surface area contributed by atoms with Gasteiger partial charge < -0.3 is 14.4 Å². The first-order chi connectivity index (χ1) is 7.70. The van der Waals surface area contributed by atoms with Crippen LogP contribution in [0.2, 0.25) is 0 Å². The van der Waals surface area contributed by atoms with Crippen LogP contribution in [-0.2, 0) is 4.74 Å². The first kappa shape index (κ1) is 11.4. The van der Waals surface area contributed by atoms with Gasteiger partial charge in [-0.25, -0.2) is 0 Å². The second-order valence-corrected chi connectivity index (χ2v) is 4.83. The highest BCUT2D eigenvalue weighted by molar-refractivity contribution is 5.21. The molecular weight excluding hydrogens is 202 g/mol. The van der Waals surface area contributed by atoms with E-state index in [0.717, 1.165) is 32.1 Å².